The molecule has 0 aliphatic heterocycles. The van der Waals surface area contributed by atoms with Crippen LogP contribution in [0.2, 0.25) is 0 Å². The van der Waals surface area contributed by atoms with Crippen LogP contribution >= 0.6 is 18.5 Å². The zero-order chi connectivity index (χ0) is 12.8. The summed E-state index contributed by atoms with van der Waals surface area (Å²) in [6.45, 7) is 4.22. The molecule has 2 aromatic rings. The van der Waals surface area contributed by atoms with Gasteiger partial charge in [-0.2, -0.15) is 0 Å². The molecular weight excluding hydrogens is 249 g/mol. The van der Waals surface area contributed by atoms with Gasteiger partial charge in [0, 0.05) is 0 Å². The highest BCUT2D eigenvalue weighted by molar-refractivity contribution is 7.27. The summed E-state index contributed by atoms with van der Waals surface area (Å²) in [5.74, 6) is -0.184. The van der Waals surface area contributed by atoms with Gasteiger partial charge >= 0.3 is 0 Å². The summed E-state index contributed by atoms with van der Waals surface area (Å²) in [7, 11) is 5.18. The summed E-state index contributed by atoms with van der Waals surface area (Å²) in [6, 6.07) is 12.8. The first-order valence-corrected chi connectivity index (χ1v) is 6.47. The molecule has 90 valence electrons. The predicted octanol–water partition coefficient (Wildman–Crippen LogP) is 3.13. The van der Waals surface area contributed by atoms with Crippen molar-refractivity contribution in [3.05, 3.63) is 59.4 Å². The third-order valence-corrected chi connectivity index (χ3v) is 2.83. The number of benzene rings is 2. The van der Waals surface area contributed by atoms with Gasteiger partial charge in [0.05, 0.1) is 0 Å². The van der Waals surface area contributed by atoms with E-state index in [0.717, 1.165) is 5.30 Å². The number of halogens is 1. The van der Waals surface area contributed by atoms with Crippen molar-refractivity contribution < 1.29 is 4.39 Å². The predicted molar refractivity (Wildman–Crippen MR) is 81.0 cm³/mol. The Hall–Kier alpha value is -0.770. The second kappa shape index (κ2) is 6.84. The molecule has 0 saturated carbocycles. The van der Waals surface area contributed by atoms with Gasteiger partial charge in [0.15, 0.2) is 0 Å². The number of aryl methyl sites for hydroxylation is 2. The Morgan fingerprint density at radius 2 is 1.24 bits per heavy atom. The molecule has 17 heavy (non-hydrogen) atoms. The van der Waals surface area contributed by atoms with Crippen molar-refractivity contribution in [3.8, 4) is 0 Å². The van der Waals surface area contributed by atoms with Gasteiger partial charge < -0.3 is 0 Å². The Morgan fingerprint density at radius 1 is 0.765 bits per heavy atom. The average Bonchev–Trinajstić information content (AvgIpc) is 2.21. The minimum Gasteiger partial charge on any atom is -0.207 e. The summed E-state index contributed by atoms with van der Waals surface area (Å²) >= 11 is 0. The van der Waals surface area contributed by atoms with E-state index in [-0.39, 0.29) is 5.82 Å². The fraction of sp³-hybridized carbons (Fsp3) is 0.143. The summed E-state index contributed by atoms with van der Waals surface area (Å²) in [5, 5.41) is 2.28. The minimum absolute atomic E-state index is 0.184. The Balaban J connectivity index is 0.000000171. The van der Waals surface area contributed by atoms with Crippen molar-refractivity contribution in [1.29, 1.82) is 0 Å². The molecule has 0 nitrogen and oxygen atoms in total. The molecule has 0 amide bonds. The van der Waals surface area contributed by atoms with Gasteiger partial charge in [-0.25, -0.2) is 4.39 Å². The molecule has 3 heteroatoms. The van der Waals surface area contributed by atoms with E-state index in [9.17, 15) is 4.39 Å². The molecule has 0 radical (unpaired) electrons. The van der Waals surface area contributed by atoms with Gasteiger partial charge in [-0.1, -0.05) is 41.5 Å². The van der Waals surface area contributed by atoms with E-state index in [1.165, 1.54) is 28.6 Å². The maximum atomic E-state index is 12.1. The van der Waals surface area contributed by atoms with Crippen molar-refractivity contribution in [3.63, 3.8) is 0 Å². The topological polar surface area (TPSA) is 0 Å². The first-order valence-electron chi connectivity index (χ1n) is 5.32. The van der Waals surface area contributed by atoms with Crippen molar-refractivity contribution in [2.24, 2.45) is 0 Å². The SMILES string of the molecule is Cc1cc(C)cc(P)c1.Fc1ccc(P)cc1. The zero-order valence-electron chi connectivity index (χ0n) is 10.1. The lowest BCUT2D eigenvalue weighted by Crippen LogP contribution is -1.91. The van der Waals surface area contributed by atoms with Crippen LogP contribution in [0.5, 0.6) is 0 Å². The van der Waals surface area contributed by atoms with E-state index in [2.05, 4.69) is 50.5 Å². The molecule has 0 spiro atoms. The van der Waals surface area contributed by atoms with Crippen LogP contribution in [0, 0.1) is 19.7 Å². The lowest BCUT2D eigenvalue weighted by Gasteiger charge is -1.96. The molecule has 2 rings (SSSR count). The highest BCUT2D eigenvalue weighted by Crippen LogP contribution is 2.01. The molecule has 0 aliphatic carbocycles. The zero-order valence-corrected chi connectivity index (χ0v) is 12.4. The first kappa shape index (κ1) is 14.3. The summed E-state index contributed by atoms with van der Waals surface area (Å²) in [6.07, 6.45) is 0. The van der Waals surface area contributed by atoms with Gasteiger partial charge in [-0.15, -0.1) is 18.5 Å². The van der Waals surface area contributed by atoms with Crippen molar-refractivity contribution in [2.75, 3.05) is 0 Å². The fourth-order valence-electron chi connectivity index (χ4n) is 1.47. The lowest BCUT2D eigenvalue weighted by molar-refractivity contribution is 0.628. The molecule has 0 bridgehead atoms. The normalized spacial score (nSPS) is 9.47. The smallest absolute Gasteiger partial charge is 0.123 e. The van der Waals surface area contributed by atoms with Crippen LogP contribution < -0.4 is 10.6 Å². The lowest BCUT2D eigenvalue weighted by atomic mass is 10.2. The fourth-order valence-corrected chi connectivity index (χ4v) is 2.19. The number of rotatable bonds is 0. The molecule has 0 saturated heterocycles. The second-order valence-corrected chi connectivity index (χ2v) is 5.31. The van der Waals surface area contributed by atoms with Crippen LogP contribution in [0.4, 0.5) is 4.39 Å². The molecule has 0 N–H and O–H groups in total. The van der Waals surface area contributed by atoms with Crippen LogP contribution in [-0.4, -0.2) is 0 Å². The first-order chi connectivity index (χ1) is 7.97. The number of hydrogen-bond acceptors (Lipinski definition) is 0. The van der Waals surface area contributed by atoms with Gasteiger partial charge in [0.25, 0.3) is 0 Å². The van der Waals surface area contributed by atoms with Gasteiger partial charge in [0.2, 0.25) is 0 Å². The van der Waals surface area contributed by atoms with E-state index in [1.54, 1.807) is 12.1 Å². The highest BCUT2D eigenvalue weighted by atomic mass is 31.0. The molecule has 0 fully saturated rings. The molecular formula is C14H17FP2. The van der Waals surface area contributed by atoms with Gasteiger partial charge in [0.1, 0.15) is 5.82 Å². The highest BCUT2D eigenvalue weighted by Gasteiger charge is 1.87. The summed E-state index contributed by atoms with van der Waals surface area (Å²) in [4.78, 5) is 0. The van der Waals surface area contributed by atoms with Gasteiger partial charge in [-0.05, 0) is 36.6 Å². The molecule has 2 aromatic carbocycles. The maximum Gasteiger partial charge on any atom is 0.123 e. The summed E-state index contributed by atoms with van der Waals surface area (Å²) < 4.78 is 12.1. The van der Waals surface area contributed by atoms with Crippen molar-refractivity contribution in [1.82, 2.24) is 0 Å². The Labute approximate surface area is 107 Å². The maximum absolute atomic E-state index is 12.1. The Morgan fingerprint density at radius 3 is 1.59 bits per heavy atom. The van der Waals surface area contributed by atoms with Gasteiger partial charge in [-0.3, -0.25) is 0 Å². The molecule has 2 unspecified atom stereocenters. The number of hydrogen-bond donors (Lipinski definition) is 0. The second-order valence-electron chi connectivity index (χ2n) is 3.97. The Kier molecular flexibility index (Phi) is 5.75. The Bertz CT molecular complexity index is 407. The molecule has 0 heterocycles. The largest absolute Gasteiger partial charge is 0.207 e. The minimum atomic E-state index is -0.184. The van der Waals surface area contributed by atoms with E-state index in [4.69, 9.17) is 0 Å². The van der Waals surface area contributed by atoms with Crippen molar-refractivity contribution >= 4 is 29.1 Å². The van der Waals surface area contributed by atoms with E-state index < -0.39 is 0 Å². The molecule has 2 atom stereocenters. The van der Waals surface area contributed by atoms with E-state index >= 15 is 0 Å². The third-order valence-electron chi connectivity index (χ3n) is 2.11. The average molecular weight is 266 g/mol. The standard InChI is InChI=1S/C8H11P.C6H6FP/c1-6-3-7(2)5-8(9)4-6;7-5-1-3-6(8)4-2-5/h3-5H,9H2,1-2H3;1-4H,8H2. The monoisotopic (exact) mass is 266 g/mol. The van der Waals surface area contributed by atoms with Crippen LogP contribution in [-0.2, 0) is 0 Å². The van der Waals surface area contributed by atoms with Crippen molar-refractivity contribution in [2.45, 2.75) is 13.8 Å². The quantitative estimate of drug-likeness (QED) is 0.643. The summed E-state index contributed by atoms with van der Waals surface area (Å²) in [5.41, 5.74) is 2.67. The molecule has 0 aromatic heterocycles. The van der Waals surface area contributed by atoms with Crippen LogP contribution in [0.3, 0.4) is 0 Å². The van der Waals surface area contributed by atoms with E-state index in [1.807, 2.05) is 0 Å². The molecule has 0 aliphatic rings. The van der Waals surface area contributed by atoms with E-state index in [0.29, 0.717) is 0 Å². The van der Waals surface area contributed by atoms with Crippen LogP contribution in [0.1, 0.15) is 11.1 Å². The van der Waals surface area contributed by atoms with Crippen LogP contribution in [0.15, 0.2) is 42.5 Å². The third kappa shape index (κ3) is 5.91. The van der Waals surface area contributed by atoms with Crippen LogP contribution in [0.25, 0.3) is 0 Å².